The van der Waals surface area contributed by atoms with Gasteiger partial charge in [-0.25, -0.2) is 0 Å². The number of ketones is 3. The molecule has 128 valence electrons. The van der Waals surface area contributed by atoms with Crippen LogP contribution < -0.4 is 0 Å². The van der Waals surface area contributed by atoms with Crippen LogP contribution in [0.4, 0.5) is 5.69 Å². The van der Waals surface area contributed by atoms with E-state index in [0.717, 1.165) is 0 Å². The summed E-state index contributed by atoms with van der Waals surface area (Å²) in [4.78, 5) is 51.0. The van der Waals surface area contributed by atoms with E-state index in [-0.39, 0.29) is 35.8 Å². The molecular formula is C18H16N2O5. The first-order valence-corrected chi connectivity index (χ1v) is 7.96. The van der Waals surface area contributed by atoms with Crippen molar-refractivity contribution in [3.05, 3.63) is 64.0 Å². The normalized spacial score (nSPS) is 16.6. The molecule has 25 heavy (non-hydrogen) atoms. The van der Waals surface area contributed by atoms with Gasteiger partial charge in [-0.1, -0.05) is 12.1 Å². The summed E-state index contributed by atoms with van der Waals surface area (Å²) in [6.07, 6.45) is 2.52. The monoisotopic (exact) mass is 340 g/mol. The smallest absolute Gasteiger partial charge is 0.269 e. The highest BCUT2D eigenvalue weighted by Gasteiger charge is 2.42. The van der Waals surface area contributed by atoms with Crippen LogP contribution in [0, 0.1) is 16.0 Å². The number of carbonyl (C=O) groups excluding carboxylic acids is 3. The summed E-state index contributed by atoms with van der Waals surface area (Å²) in [7, 11) is 0. The number of rotatable bonds is 5. The third-order valence-electron chi connectivity index (χ3n) is 4.46. The number of nitro groups is 1. The van der Waals surface area contributed by atoms with E-state index in [1.165, 1.54) is 18.2 Å². The van der Waals surface area contributed by atoms with Crippen molar-refractivity contribution in [2.75, 3.05) is 0 Å². The summed E-state index contributed by atoms with van der Waals surface area (Å²) in [6, 6.07) is 8.78. The molecule has 0 spiro atoms. The lowest BCUT2D eigenvalue weighted by Gasteiger charge is -2.27. The Bertz CT molecular complexity index is 825. The lowest BCUT2D eigenvalue weighted by molar-refractivity contribution is -0.384. The molecule has 1 aromatic heterocycles. The third kappa shape index (κ3) is 3.26. The summed E-state index contributed by atoms with van der Waals surface area (Å²) >= 11 is 0. The zero-order chi connectivity index (χ0) is 18.0. The molecule has 7 nitrogen and oxygen atoms in total. The quantitative estimate of drug-likeness (QED) is 0.389. The molecule has 1 saturated carbocycles. The summed E-state index contributed by atoms with van der Waals surface area (Å²) in [6.45, 7) is 0. The first kappa shape index (κ1) is 16.8. The fraction of sp³-hybridized carbons (Fsp3) is 0.278. The zero-order valence-electron chi connectivity index (χ0n) is 13.3. The molecule has 7 heteroatoms. The van der Waals surface area contributed by atoms with Crippen molar-refractivity contribution in [1.82, 2.24) is 4.98 Å². The number of benzene rings is 1. The van der Waals surface area contributed by atoms with Crippen LogP contribution in [0.2, 0.25) is 0 Å². The molecule has 1 atom stereocenters. The summed E-state index contributed by atoms with van der Waals surface area (Å²) in [5.41, 5.74) is 0.391. The predicted octanol–water partition coefficient (Wildman–Crippen LogP) is 2.83. The topological polar surface area (TPSA) is 110 Å². The molecule has 2 aromatic rings. The number of Topliss-reactive ketones (excluding diaryl/α,β-unsaturated/α-hetero) is 3. The number of nitrogens with one attached hydrogen (secondary N) is 1. The van der Waals surface area contributed by atoms with Crippen LogP contribution in [0.5, 0.6) is 0 Å². The molecule has 1 fully saturated rings. The standard InChI is InChI=1S/C18H16N2O5/c21-14-7-2-8-15(22)17(14)16(18(23)13-6-3-9-19-13)11-4-1-5-12(10-11)20(24)25/h1,3-6,9-10,16-17,19H,2,7-8H2. The van der Waals surface area contributed by atoms with Crippen LogP contribution in [-0.4, -0.2) is 27.3 Å². The molecule has 0 saturated heterocycles. The summed E-state index contributed by atoms with van der Waals surface area (Å²) in [5, 5.41) is 11.1. The molecule has 1 aromatic carbocycles. The van der Waals surface area contributed by atoms with Crippen LogP contribution >= 0.6 is 0 Å². The maximum absolute atomic E-state index is 13.0. The molecule has 1 unspecified atom stereocenters. The first-order valence-electron chi connectivity index (χ1n) is 7.96. The second-order valence-corrected chi connectivity index (χ2v) is 6.04. The Hall–Kier alpha value is -3.09. The van der Waals surface area contributed by atoms with Gasteiger partial charge in [0, 0.05) is 31.2 Å². The third-order valence-corrected chi connectivity index (χ3v) is 4.46. The van der Waals surface area contributed by atoms with Gasteiger partial charge < -0.3 is 4.98 Å². The Morgan fingerprint density at radius 1 is 1.16 bits per heavy atom. The molecule has 0 aliphatic heterocycles. The maximum Gasteiger partial charge on any atom is 0.269 e. The van der Waals surface area contributed by atoms with Gasteiger partial charge in [-0.3, -0.25) is 24.5 Å². The van der Waals surface area contributed by atoms with Gasteiger partial charge in [0.15, 0.2) is 5.78 Å². The van der Waals surface area contributed by atoms with Gasteiger partial charge in [0.05, 0.1) is 22.5 Å². The van der Waals surface area contributed by atoms with Crippen LogP contribution in [-0.2, 0) is 9.59 Å². The molecule has 3 rings (SSSR count). The largest absolute Gasteiger partial charge is 0.359 e. The van der Waals surface area contributed by atoms with E-state index >= 15 is 0 Å². The van der Waals surface area contributed by atoms with Crippen LogP contribution in [0.1, 0.15) is 41.2 Å². The molecule has 1 aliphatic rings. The van der Waals surface area contributed by atoms with Gasteiger partial charge in [-0.2, -0.15) is 0 Å². The molecular weight excluding hydrogens is 324 g/mol. The van der Waals surface area contributed by atoms with E-state index in [2.05, 4.69) is 4.98 Å². The Balaban J connectivity index is 2.10. The summed E-state index contributed by atoms with van der Waals surface area (Å²) in [5.74, 6) is -3.13. The average molecular weight is 340 g/mol. The molecule has 0 bridgehead atoms. The number of hydrogen-bond acceptors (Lipinski definition) is 5. The lowest BCUT2D eigenvalue weighted by Crippen LogP contribution is -2.37. The minimum atomic E-state index is -1.09. The highest BCUT2D eigenvalue weighted by Crippen LogP contribution is 2.35. The number of hydrogen-bond donors (Lipinski definition) is 1. The van der Waals surface area contributed by atoms with E-state index in [1.54, 1.807) is 24.4 Å². The van der Waals surface area contributed by atoms with Crippen LogP contribution in [0.15, 0.2) is 42.6 Å². The minimum Gasteiger partial charge on any atom is -0.359 e. The molecule has 1 heterocycles. The Labute approximate surface area is 143 Å². The number of H-pyrrole nitrogens is 1. The fourth-order valence-electron chi connectivity index (χ4n) is 3.28. The van der Waals surface area contributed by atoms with Crippen molar-refractivity contribution >= 4 is 23.0 Å². The van der Waals surface area contributed by atoms with Gasteiger partial charge in [-0.15, -0.1) is 0 Å². The number of nitrogens with zero attached hydrogens (tertiary/aromatic N) is 1. The van der Waals surface area contributed by atoms with Gasteiger partial charge in [0.2, 0.25) is 0 Å². The highest BCUT2D eigenvalue weighted by molar-refractivity contribution is 6.12. The van der Waals surface area contributed by atoms with Crippen molar-refractivity contribution in [3.63, 3.8) is 0 Å². The lowest BCUT2D eigenvalue weighted by atomic mass is 9.72. The number of carbonyl (C=O) groups is 3. The average Bonchev–Trinajstić information content (AvgIpc) is 3.12. The number of aromatic amines is 1. The summed E-state index contributed by atoms with van der Waals surface area (Å²) < 4.78 is 0. The van der Waals surface area contributed by atoms with Crippen molar-refractivity contribution in [2.45, 2.75) is 25.2 Å². The second-order valence-electron chi connectivity index (χ2n) is 6.04. The Morgan fingerprint density at radius 2 is 1.88 bits per heavy atom. The minimum absolute atomic E-state index is 0.183. The maximum atomic E-state index is 13.0. The van der Waals surface area contributed by atoms with Crippen molar-refractivity contribution in [3.8, 4) is 0 Å². The van der Waals surface area contributed by atoms with Crippen molar-refractivity contribution < 1.29 is 19.3 Å². The van der Waals surface area contributed by atoms with E-state index in [4.69, 9.17) is 0 Å². The predicted molar refractivity (Wildman–Crippen MR) is 88.3 cm³/mol. The van der Waals surface area contributed by atoms with Gasteiger partial charge in [0.25, 0.3) is 5.69 Å². The Kier molecular flexibility index (Phi) is 4.56. The molecule has 0 radical (unpaired) electrons. The number of aromatic nitrogens is 1. The second kappa shape index (κ2) is 6.80. The van der Waals surface area contributed by atoms with E-state index in [0.29, 0.717) is 12.0 Å². The van der Waals surface area contributed by atoms with Crippen molar-refractivity contribution in [2.24, 2.45) is 5.92 Å². The number of nitro benzene ring substituents is 1. The van der Waals surface area contributed by atoms with E-state index < -0.39 is 22.5 Å². The molecule has 1 N–H and O–H groups in total. The SMILES string of the molecule is O=C1CCCC(=O)C1C(C(=O)c1ccc[nH]1)c1cccc([N+](=O)[O-])c1. The van der Waals surface area contributed by atoms with Gasteiger partial charge in [0.1, 0.15) is 11.6 Å². The van der Waals surface area contributed by atoms with Gasteiger partial charge >= 0.3 is 0 Å². The molecule has 0 amide bonds. The van der Waals surface area contributed by atoms with Crippen molar-refractivity contribution in [1.29, 1.82) is 0 Å². The number of non-ortho nitro benzene ring substituents is 1. The highest BCUT2D eigenvalue weighted by atomic mass is 16.6. The molecule has 1 aliphatic carbocycles. The van der Waals surface area contributed by atoms with Gasteiger partial charge in [-0.05, 0) is 24.1 Å². The first-order chi connectivity index (χ1) is 12.0. The van der Waals surface area contributed by atoms with E-state index in [1.807, 2.05) is 0 Å². The van der Waals surface area contributed by atoms with Crippen LogP contribution in [0.25, 0.3) is 0 Å². The van der Waals surface area contributed by atoms with E-state index in [9.17, 15) is 24.5 Å². The van der Waals surface area contributed by atoms with Crippen LogP contribution in [0.3, 0.4) is 0 Å². The fourth-order valence-corrected chi connectivity index (χ4v) is 3.28. The zero-order valence-corrected chi connectivity index (χ0v) is 13.3. The Morgan fingerprint density at radius 3 is 2.48 bits per heavy atom.